The number of nitrogens with one attached hydrogen (secondary N) is 1. The van der Waals surface area contributed by atoms with Crippen LogP contribution in [0.1, 0.15) is 43.2 Å². The zero-order chi connectivity index (χ0) is 22.2. The molecule has 1 saturated heterocycles. The van der Waals surface area contributed by atoms with E-state index in [4.69, 9.17) is 4.74 Å². The van der Waals surface area contributed by atoms with Crippen LogP contribution in [0.25, 0.3) is 0 Å². The van der Waals surface area contributed by atoms with Crippen LogP contribution < -0.4 is 5.32 Å². The number of rotatable bonds is 8. The second kappa shape index (κ2) is 11.5. The minimum absolute atomic E-state index is 0.218. The maximum Gasteiger partial charge on any atom is 0.407 e. The van der Waals surface area contributed by atoms with Crippen molar-refractivity contribution in [3.8, 4) is 0 Å². The number of amides is 1. The second-order valence-corrected chi connectivity index (χ2v) is 9.42. The van der Waals surface area contributed by atoms with Crippen molar-refractivity contribution in [1.29, 1.82) is 0 Å². The molecule has 0 aromatic heterocycles. The van der Waals surface area contributed by atoms with Crippen molar-refractivity contribution >= 4 is 6.09 Å². The molecular weight excluding hydrogens is 400 g/mol. The molecule has 0 bridgehead atoms. The molecule has 5 heteroatoms. The van der Waals surface area contributed by atoms with Crippen LogP contribution in [0.4, 0.5) is 4.79 Å². The Morgan fingerprint density at radius 1 is 0.969 bits per heavy atom. The number of likely N-dealkylation sites (tertiary alicyclic amines) is 1. The number of piperidine rings is 1. The molecule has 5 nitrogen and oxygen atoms in total. The number of nitrogens with zero attached hydrogens (tertiary/aromatic N) is 1. The molecule has 2 N–H and O–H groups in total. The van der Waals surface area contributed by atoms with E-state index in [1.54, 1.807) is 0 Å². The summed E-state index contributed by atoms with van der Waals surface area (Å²) in [4.78, 5) is 14.9. The van der Waals surface area contributed by atoms with Gasteiger partial charge in [-0.2, -0.15) is 0 Å². The minimum atomic E-state index is -0.653. The van der Waals surface area contributed by atoms with Crippen molar-refractivity contribution in [3.05, 3.63) is 71.8 Å². The van der Waals surface area contributed by atoms with Crippen LogP contribution >= 0.6 is 0 Å². The summed E-state index contributed by atoms with van der Waals surface area (Å²) in [5.41, 5.74) is 2.03. The fraction of sp³-hybridized carbons (Fsp3) is 0.519. The Morgan fingerprint density at radius 2 is 1.62 bits per heavy atom. The average molecular weight is 437 g/mol. The van der Waals surface area contributed by atoms with Crippen molar-refractivity contribution in [2.45, 2.75) is 57.3 Å². The zero-order valence-corrected chi connectivity index (χ0v) is 18.9. The van der Waals surface area contributed by atoms with Crippen LogP contribution in [0.5, 0.6) is 0 Å². The summed E-state index contributed by atoms with van der Waals surface area (Å²) in [5.74, 6) is 1.63. The van der Waals surface area contributed by atoms with Gasteiger partial charge in [0.05, 0.1) is 12.1 Å². The van der Waals surface area contributed by atoms with Crippen LogP contribution in [-0.2, 0) is 17.8 Å². The Balaban J connectivity index is 1.35. The number of aliphatic hydroxyl groups is 1. The summed E-state index contributed by atoms with van der Waals surface area (Å²) >= 11 is 0. The molecule has 0 radical (unpaired) electrons. The number of aliphatic hydroxyl groups excluding tert-OH is 1. The van der Waals surface area contributed by atoms with Crippen LogP contribution in [-0.4, -0.2) is 47.9 Å². The molecule has 2 aromatic rings. The maximum absolute atomic E-state index is 12.5. The highest BCUT2D eigenvalue weighted by molar-refractivity contribution is 5.67. The first-order valence-electron chi connectivity index (χ1n) is 12.1. The third-order valence-electron chi connectivity index (χ3n) is 7.10. The number of carbonyl (C=O) groups excluding carboxylic acids is 1. The lowest BCUT2D eigenvalue weighted by Gasteiger charge is -2.42. The van der Waals surface area contributed by atoms with E-state index in [1.165, 1.54) is 32.1 Å². The number of fused-ring (bicyclic) bond motifs is 1. The highest BCUT2D eigenvalue weighted by Crippen LogP contribution is 2.36. The van der Waals surface area contributed by atoms with E-state index in [0.29, 0.717) is 13.0 Å². The number of carbonyl (C=O) groups is 1. The van der Waals surface area contributed by atoms with Gasteiger partial charge in [0.1, 0.15) is 6.61 Å². The number of benzene rings is 2. The number of hydrogen-bond acceptors (Lipinski definition) is 4. The SMILES string of the molecule is O=C(N[C@@H](Cc1ccccc1)[C@H](O)CN1CC[C@@H]2CCCC[C@@H]2C1)OCc1ccccc1. The average Bonchev–Trinajstić information content (AvgIpc) is 2.83. The van der Waals surface area contributed by atoms with Gasteiger partial charge in [-0.05, 0) is 48.8 Å². The lowest BCUT2D eigenvalue weighted by Crippen LogP contribution is -2.52. The molecule has 2 fully saturated rings. The number of hydrogen-bond donors (Lipinski definition) is 2. The second-order valence-electron chi connectivity index (χ2n) is 9.42. The third kappa shape index (κ3) is 6.57. The molecule has 0 unspecified atom stereocenters. The molecule has 1 aliphatic heterocycles. The lowest BCUT2D eigenvalue weighted by molar-refractivity contribution is 0.0306. The summed E-state index contributed by atoms with van der Waals surface area (Å²) in [7, 11) is 0. The van der Waals surface area contributed by atoms with Gasteiger partial charge in [0.15, 0.2) is 0 Å². The van der Waals surface area contributed by atoms with Crippen molar-refractivity contribution in [2.75, 3.05) is 19.6 Å². The molecule has 2 aliphatic rings. The Bertz CT molecular complexity index is 829. The fourth-order valence-corrected chi connectivity index (χ4v) is 5.30. The van der Waals surface area contributed by atoms with Gasteiger partial charge in [-0.1, -0.05) is 79.9 Å². The van der Waals surface area contributed by atoms with Crippen LogP contribution in [0.3, 0.4) is 0 Å². The Morgan fingerprint density at radius 3 is 2.34 bits per heavy atom. The monoisotopic (exact) mass is 436 g/mol. The Kier molecular flexibility index (Phi) is 8.18. The predicted octanol–water partition coefficient (Wildman–Crippen LogP) is 4.40. The molecule has 1 amide bonds. The topological polar surface area (TPSA) is 61.8 Å². The van der Waals surface area contributed by atoms with E-state index in [2.05, 4.69) is 10.2 Å². The molecule has 4 atom stereocenters. The van der Waals surface area contributed by atoms with Crippen LogP contribution in [0.15, 0.2) is 60.7 Å². The number of alkyl carbamates (subject to hydrolysis) is 1. The Labute approximate surface area is 191 Å². The number of ether oxygens (including phenoxy) is 1. The molecular formula is C27H36N2O3. The highest BCUT2D eigenvalue weighted by atomic mass is 16.5. The summed E-state index contributed by atoms with van der Waals surface area (Å²) in [5, 5.41) is 14.1. The maximum atomic E-state index is 12.5. The van der Waals surface area contributed by atoms with E-state index in [9.17, 15) is 9.90 Å². The van der Waals surface area contributed by atoms with Crippen molar-refractivity contribution in [1.82, 2.24) is 10.2 Å². The summed E-state index contributed by atoms with van der Waals surface area (Å²) in [6.45, 7) is 2.91. The normalized spacial score (nSPS) is 23.0. The Hall–Kier alpha value is -2.37. The quantitative estimate of drug-likeness (QED) is 0.644. The van der Waals surface area contributed by atoms with Crippen LogP contribution in [0, 0.1) is 11.8 Å². The molecule has 1 heterocycles. The first kappa shape index (κ1) is 22.8. The molecule has 32 heavy (non-hydrogen) atoms. The van der Waals surface area contributed by atoms with Crippen molar-refractivity contribution in [3.63, 3.8) is 0 Å². The standard InChI is InChI=1S/C27H36N2O3/c30-26(19-29-16-15-23-13-7-8-14-24(23)18-29)25(17-21-9-3-1-4-10-21)28-27(31)32-20-22-11-5-2-6-12-22/h1-6,9-12,23-26,30H,7-8,13-20H2,(H,28,31)/t23-,24+,25-,26+/m0/s1. The van der Waals surface area contributed by atoms with E-state index in [0.717, 1.165) is 36.1 Å². The van der Waals surface area contributed by atoms with Gasteiger partial charge >= 0.3 is 6.09 Å². The zero-order valence-electron chi connectivity index (χ0n) is 18.9. The molecule has 1 saturated carbocycles. The lowest BCUT2D eigenvalue weighted by atomic mass is 9.75. The van der Waals surface area contributed by atoms with E-state index in [1.807, 2.05) is 60.7 Å². The highest BCUT2D eigenvalue weighted by Gasteiger charge is 2.33. The smallest absolute Gasteiger partial charge is 0.407 e. The molecule has 4 rings (SSSR count). The first-order chi connectivity index (χ1) is 15.7. The predicted molar refractivity (Wildman–Crippen MR) is 126 cm³/mol. The number of β-amino-alcohol motifs (C(OH)–C–C–N with tert-alkyl or cyclic N) is 1. The van der Waals surface area contributed by atoms with Gasteiger partial charge in [-0.25, -0.2) is 4.79 Å². The van der Waals surface area contributed by atoms with Gasteiger partial charge in [0.25, 0.3) is 0 Å². The van der Waals surface area contributed by atoms with Crippen molar-refractivity contribution in [2.24, 2.45) is 11.8 Å². The van der Waals surface area contributed by atoms with E-state index in [-0.39, 0.29) is 6.61 Å². The largest absolute Gasteiger partial charge is 0.445 e. The molecule has 0 spiro atoms. The summed E-state index contributed by atoms with van der Waals surface area (Å²) < 4.78 is 5.43. The van der Waals surface area contributed by atoms with Crippen molar-refractivity contribution < 1.29 is 14.6 Å². The molecule has 2 aromatic carbocycles. The van der Waals surface area contributed by atoms with E-state index < -0.39 is 18.2 Å². The van der Waals surface area contributed by atoms with Gasteiger partial charge < -0.3 is 20.1 Å². The van der Waals surface area contributed by atoms with Gasteiger partial charge in [-0.3, -0.25) is 0 Å². The van der Waals surface area contributed by atoms with E-state index >= 15 is 0 Å². The van der Waals surface area contributed by atoms with Crippen LogP contribution in [0.2, 0.25) is 0 Å². The summed E-state index contributed by atoms with van der Waals surface area (Å²) in [6.07, 6.45) is 6.05. The van der Waals surface area contributed by atoms with Gasteiger partial charge in [0.2, 0.25) is 0 Å². The van der Waals surface area contributed by atoms with Gasteiger partial charge in [-0.15, -0.1) is 0 Å². The van der Waals surface area contributed by atoms with Gasteiger partial charge in [0, 0.05) is 13.1 Å². The molecule has 1 aliphatic carbocycles. The summed E-state index contributed by atoms with van der Waals surface area (Å²) in [6, 6.07) is 19.3. The first-order valence-corrected chi connectivity index (χ1v) is 12.1. The fourth-order valence-electron chi connectivity index (χ4n) is 5.30. The molecule has 172 valence electrons. The minimum Gasteiger partial charge on any atom is -0.445 e. The third-order valence-corrected chi connectivity index (χ3v) is 7.10.